The third kappa shape index (κ3) is 17.7. The summed E-state index contributed by atoms with van der Waals surface area (Å²) in [5, 5.41) is 3.14. The Labute approximate surface area is 70.4 Å². The Morgan fingerprint density at radius 1 is 1.27 bits per heavy atom. The van der Waals surface area contributed by atoms with E-state index < -0.39 is 0 Å². The Kier molecular flexibility index (Phi) is 14.8. The van der Waals surface area contributed by atoms with Gasteiger partial charge in [0.25, 0.3) is 0 Å². The van der Waals surface area contributed by atoms with Crippen LogP contribution >= 0.6 is 0 Å². The molecule has 0 fully saturated rings. The van der Waals surface area contributed by atoms with E-state index in [1.165, 1.54) is 25.8 Å². The predicted octanol–water partition coefficient (Wildman–Crippen LogP) is 1.85. The van der Waals surface area contributed by atoms with Crippen LogP contribution in [0.3, 0.4) is 0 Å². The summed E-state index contributed by atoms with van der Waals surface area (Å²) in [6, 6.07) is 0. The average molecular weight is 159 g/mol. The van der Waals surface area contributed by atoms with Crippen molar-refractivity contribution < 1.29 is 4.79 Å². The number of nitrogens with one attached hydrogen (secondary N) is 1. The van der Waals surface area contributed by atoms with Crippen LogP contribution in [0.5, 0.6) is 0 Å². The maximum absolute atomic E-state index is 8.00. The molecule has 0 bridgehead atoms. The molecule has 2 heteroatoms. The fourth-order valence-corrected chi connectivity index (χ4v) is 0.854. The first kappa shape index (κ1) is 13.2. The molecule has 0 aliphatic carbocycles. The third-order valence-electron chi connectivity index (χ3n) is 1.46. The van der Waals surface area contributed by atoms with Crippen LogP contribution in [0, 0.1) is 5.92 Å². The van der Waals surface area contributed by atoms with E-state index in [4.69, 9.17) is 4.79 Å². The third-order valence-corrected chi connectivity index (χ3v) is 1.46. The van der Waals surface area contributed by atoms with Crippen molar-refractivity contribution in [3.8, 4) is 0 Å². The second-order valence-corrected chi connectivity index (χ2v) is 2.99. The monoisotopic (exact) mass is 159 g/mol. The van der Waals surface area contributed by atoms with Crippen LogP contribution in [0.2, 0.25) is 0 Å². The molecule has 0 unspecified atom stereocenters. The zero-order chi connectivity index (χ0) is 9.11. The maximum atomic E-state index is 8.00. The van der Waals surface area contributed by atoms with Gasteiger partial charge in [-0.15, -0.1) is 0 Å². The fraction of sp³-hybridized carbons (Fsp3) is 0.889. The van der Waals surface area contributed by atoms with E-state index in [1.807, 2.05) is 13.8 Å². The van der Waals surface area contributed by atoms with Gasteiger partial charge in [0.05, 0.1) is 0 Å². The first-order chi connectivity index (χ1) is 5.27. The summed E-state index contributed by atoms with van der Waals surface area (Å²) in [4.78, 5) is 8.00. The molecule has 0 spiro atoms. The molecule has 0 aromatic heterocycles. The van der Waals surface area contributed by atoms with Crippen molar-refractivity contribution in [3.05, 3.63) is 0 Å². The molecule has 0 atom stereocenters. The number of rotatable bonds is 5. The van der Waals surface area contributed by atoms with E-state index in [0.29, 0.717) is 0 Å². The van der Waals surface area contributed by atoms with Gasteiger partial charge < -0.3 is 10.1 Å². The molecule has 2 nitrogen and oxygen atoms in total. The van der Waals surface area contributed by atoms with Crippen molar-refractivity contribution in [2.24, 2.45) is 5.92 Å². The van der Waals surface area contributed by atoms with Gasteiger partial charge in [-0.3, -0.25) is 0 Å². The number of unbranched alkanes of at least 4 members (excludes halogenated alkanes) is 1. The lowest BCUT2D eigenvalue weighted by Gasteiger charge is -2.02. The summed E-state index contributed by atoms with van der Waals surface area (Å²) < 4.78 is 0. The van der Waals surface area contributed by atoms with E-state index in [9.17, 15) is 0 Å². The van der Waals surface area contributed by atoms with Crippen molar-refractivity contribution in [1.29, 1.82) is 0 Å². The molecule has 0 radical (unpaired) electrons. The van der Waals surface area contributed by atoms with E-state index in [0.717, 1.165) is 5.92 Å². The molecular weight excluding hydrogens is 138 g/mol. The zero-order valence-electron chi connectivity index (χ0n) is 8.02. The molecule has 0 aliphatic rings. The molecular formula is C9H21NO. The minimum absolute atomic E-state index is 0.877. The van der Waals surface area contributed by atoms with Crippen LogP contribution in [0.1, 0.15) is 33.1 Å². The average Bonchev–Trinajstić information content (AvgIpc) is 2.02. The van der Waals surface area contributed by atoms with Gasteiger partial charge >= 0.3 is 0 Å². The molecule has 0 amide bonds. The Hall–Kier alpha value is -0.370. The quantitative estimate of drug-likeness (QED) is 0.620. The molecule has 0 saturated carbocycles. The highest BCUT2D eigenvalue weighted by molar-refractivity contribution is 5.10. The topological polar surface area (TPSA) is 29.1 Å². The maximum Gasteiger partial charge on any atom is 0.106 e. The molecule has 68 valence electrons. The van der Waals surface area contributed by atoms with Gasteiger partial charge in [-0.2, -0.15) is 0 Å². The minimum Gasteiger partial charge on any atom is -0.320 e. The van der Waals surface area contributed by atoms with E-state index in [2.05, 4.69) is 19.2 Å². The highest BCUT2D eigenvalue weighted by Gasteiger charge is 1.91. The number of carbonyl (C=O) groups is 1. The number of carbonyl (C=O) groups excluding carboxylic acids is 1. The molecule has 11 heavy (non-hydrogen) atoms. The van der Waals surface area contributed by atoms with Crippen molar-refractivity contribution in [2.45, 2.75) is 33.1 Å². The van der Waals surface area contributed by atoms with Crippen LogP contribution in [-0.4, -0.2) is 20.4 Å². The van der Waals surface area contributed by atoms with Crippen LogP contribution in [0.15, 0.2) is 0 Å². The first-order valence-electron chi connectivity index (χ1n) is 4.21. The summed E-state index contributed by atoms with van der Waals surface area (Å²) in [6.45, 7) is 7.73. The lowest BCUT2D eigenvalue weighted by Crippen LogP contribution is -2.07. The standard InChI is InChI=1S/C8H19N.CH2O/c1-8(2)6-4-5-7-9-3;1-2/h8-9H,4-7H2,1-3H3;1H2. The van der Waals surface area contributed by atoms with Gasteiger partial charge in [0.15, 0.2) is 0 Å². The Balaban J connectivity index is 0. The summed E-state index contributed by atoms with van der Waals surface area (Å²) in [7, 11) is 2.01. The summed E-state index contributed by atoms with van der Waals surface area (Å²) >= 11 is 0. The first-order valence-corrected chi connectivity index (χ1v) is 4.21. The number of hydrogen-bond acceptors (Lipinski definition) is 2. The number of hydrogen-bond donors (Lipinski definition) is 1. The molecule has 0 aromatic carbocycles. The second-order valence-electron chi connectivity index (χ2n) is 2.99. The zero-order valence-corrected chi connectivity index (χ0v) is 8.02. The van der Waals surface area contributed by atoms with Gasteiger partial charge in [-0.05, 0) is 25.9 Å². The van der Waals surface area contributed by atoms with Crippen molar-refractivity contribution in [2.75, 3.05) is 13.6 Å². The van der Waals surface area contributed by atoms with Crippen LogP contribution in [0.4, 0.5) is 0 Å². The lowest BCUT2D eigenvalue weighted by atomic mass is 10.1. The molecule has 0 aliphatic heterocycles. The molecule has 0 rings (SSSR count). The van der Waals surface area contributed by atoms with Crippen molar-refractivity contribution >= 4 is 6.79 Å². The lowest BCUT2D eigenvalue weighted by molar-refractivity contribution is -0.0979. The Morgan fingerprint density at radius 3 is 2.18 bits per heavy atom. The van der Waals surface area contributed by atoms with E-state index in [-0.39, 0.29) is 0 Å². The van der Waals surface area contributed by atoms with Crippen LogP contribution in [0.25, 0.3) is 0 Å². The van der Waals surface area contributed by atoms with Crippen LogP contribution in [-0.2, 0) is 4.79 Å². The Morgan fingerprint density at radius 2 is 1.82 bits per heavy atom. The van der Waals surface area contributed by atoms with Crippen molar-refractivity contribution in [3.63, 3.8) is 0 Å². The van der Waals surface area contributed by atoms with Gasteiger partial charge in [-0.1, -0.05) is 26.7 Å². The Bertz CT molecular complexity index is 64.6. The predicted molar refractivity (Wildman–Crippen MR) is 49.7 cm³/mol. The van der Waals surface area contributed by atoms with Gasteiger partial charge in [0.1, 0.15) is 6.79 Å². The van der Waals surface area contributed by atoms with Gasteiger partial charge in [-0.25, -0.2) is 0 Å². The van der Waals surface area contributed by atoms with Crippen molar-refractivity contribution in [1.82, 2.24) is 5.32 Å². The summed E-state index contributed by atoms with van der Waals surface area (Å²) in [6.07, 6.45) is 4.08. The van der Waals surface area contributed by atoms with Gasteiger partial charge in [0.2, 0.25) is 0 Å². The highest BCUT2D eigenvalue weighted by atomic mass is 16.1. The van der Waals surface area contributed by atoms with Crippen LogP contribution < -0.4 is 5.32 Å². The van der Waals surface area contributed by atoms with Gasteiger partial charge in [0, 0.05) is 0 Å². The minimum atomic E-state index is 0.877. The fourth-order valence-electron chi connectivity index (χ4n) is 0.854. The normalized spacial score (nSPS) is 9.09. The molecule has 1 N–H and O–H groups in total. The highest BCUT2D eigenvalue weighted by Crippen LogP contribution is 2.04. The molecule has 0 heterocycles. The van der Waals surface area contributed by atoms with E-state index >= 15 is 0 Å². The summed E-state index contributed by atoms with van der Waals surface area (Å²) in [5.41, 5.74) is 0. The largest absolute Gasteiger partial charge is 0.320 e. The SMILES string of the molecule is C=O.CNCCCCC(C)C. The molecule has 0 saturated heterocycles. The smallest absolute Gasteiger partial charge is 0.106 e. The van der Waals surface area contributed by atoms with E-state index in [1.54, 1.807) is 0 Å². The summed E-state index contributed by atoms with van der Waals surface area (Å²) in [5.74, 6) is 0.877. The molecule has 0 aromatic rings. The second kappa shape index (κ2) is 12.3.